The van der Waals surface area contributed by atoms with Crippen LogP contribution >= 0.6 is 0 Å². The standard InChI is InChI=1S/C7H11N5/c1-5-4-7(12-11-5)10-6(9)2-3-8/h3-4,8H,2H2,1H3,(H3,9,10,11,12). The fourth-order valence-corrected chi connectivity index (χ4v) is 0.758. The van der Waals surface area contributed by atoms with E-state index >= 15 is 0 Å². The molecule has 0 spiro atoms. The summed E-state index contributed by atoms with van der Waals surface area (Å²) in [6.45, 7) is 1.89. The van der Waals surface area contributed by atoms with Gasteiger partial charge in [-0.1, -0.05) is 0 Å². The normalized spacial score (nSPS) is 11.6. The Balaban J connectivity index is 2.73. The van der Waals surface area contributed by atoms with Gasteiger partial charge in [0.25, 0.3) is 0 Å². The molecule has 0 aliphatic carbocycles. The van der Waals surface area contributed by atoms with E-state index in [1.165, 1.54) is 6.21 Å². The highest BCUT2D eigenvalue weighted by Gasteiger charge is 1.95. The van der Waals surface area contributed by atoms with E-state index in [-0.39, 0.29) is 0 Å². The zero-order chi connectivity index (χ0) is 8.97. The summed E-state index contributed by atoms with van der Waals surface area (Å²) in [5.41, 5.74) is 6.41. The second-order valence-electron chi connectivity index (χ2n) is 2.42. The molecule has 12 heavy (non-hydrogen) atoms. The molecular formula is C7H11N5. The summed E-state index contributed by atoms with van der Waals surface area (Å²) < 4.78 is 0. The van der Waals surface area contributed by atoms with E-state index in [4.69, 9.17) is 11.1 Å². The van der Waals surface area contributed by atoms with Crippen molar-refractivity contribution in [2.45, 2.75) is 13.3 Å². The average molecular weight is 165 g/mol. The quantitative estimate of drug-likeness (QED) is 0.455. The average Bonchev–Trinajstić information content (AvgIpc) is 2.36. The second-order valence-corrected chi connectivity index (χ2v) is 2.42. The van der Waals surface area contributed by atoms with Gasteiger partial charge in [-0.15, -0.1) is 0 Å². The van der Waals surface area contributed by atoms with Crippen LogP contribution in [0.2, 0.25) is 0 Å². The maximum Gasteiger partial charge on any atom is 0.175 e. The van der Waals surface area contributed by atoms with E-state index in [0.717, 1.165) is 5.69 Å². The van der Waals surface area contributed by atoms with Crippen LogP contribution in [0.25, 0.3) is 0 Å². The molecule has 0 amide bonds. The zero-order valence-electron chi connectivity index (χ0n) is 6.83. The molecule has 0 aromatic carbocycles. The van der Waals surface area contributed by atoms with E-state index in [9.17, 15) is 0 Å². The third-order valence-corrected chi connectivity index (χ3v) is 1.26. The first-order valence-electron chi connectivity index (χ1n) is 3.56. The maximum atomic E-state index is 6.79. The molecule has 0 saturated carbocycles. The fraction of sp³-hybridized carbons (Fsp3) is 0.286. The van der Waals surface area contributed by atoms with Gasteiger partial charge in [-0.25, -0.2) is 4.99 Å². The fourth-order valence-electron chi connectivity index (χ4n) is 0.758. The van der Waals surface area contributed by atoms with E-state index < -0.39 is 0 Å². The van der Waals surface area contributed by atoms with Crippen LogP contribution in [0.5, 0.6) is 0 Å². The van der Waals surface area contributed by atoms with Crippen LogP contribution in [-0.2, 0) is 0 Å². The van der Waals surface area contributed by atoms with Crippen molar-refractivity contribution in [2.24, 2.45) is 10.7 Å². The number of hydrogen-bond acceptors (Lipinski definition) is 3. The lowest BCUT2D eigenvalue weighted by Gasteiger charge is -1.90. The van der Waals surface area contributed by atoms with Crippen molar-refractivity contribution < 1.29 is 0 Å². The van der Waals surface area contributed by atoms with Crippen molar-refractivity contribution in [1.29, 1.82) is 5.41 Å². The van der Waals surface area contributed by atoms with Crippen molar-refractivity contribution in [2.75, 3.05) is 0 Å². The molecule has 5 heteroatoms. The van der Waals surface area contributed by atoms with E-state index in [1.54, 1.807) is 6.07 Å². The Morgan fingerprint density at radius 1 is 1.92 bits per heavy atom. The molecule has 0 saturated heterocycles. The molecule has 1 aromatic heterocycles. The molecule has 0 aliphatic rings. The maximum absolute atomic E-state index is 6.79. The van der Waals surface area contributed by atoms with Crippen LogP contribution in [-0.4, -0.2) is 22.2 Å². The number of aryl methyl sites for hydroxylation is 1. The number of rotatable bonds is 3. The van der Waals surface area contributed by atoms with Gasteiger partial charge in [0.05, 0.1) is 0 Å². The first kappa shape index (κ1) is 8.45. The summed E-state index contributed by atoms with van der Waals surface area (Å²) in [6.07, 6.45) is 1.57. The Hall–Kier alpha value is -1.65. The van der Waals surface area contributed by atoms with E-state index in [1.807, 2.05) is 6.92 Å². The molecule has 1 rings (SSSR count). The van der Waals surface area contributed by atoms with Crippen molar-refractivity contribution >= 4 is 17.9 Å². The molecule has 0 radical (unpaired) electrons. The molecule has 1 heterocycles. The van der Waals surface area contributed by atoms with Crippen LogP contribution in [0.15, 0.2) is 11.1 Å². The second kappa shape index (κ2) is 3.66. The van der Waals surface area contributed by atoms with Gasteiger partial charge < -0.3 is 11.1 Å². The molecule has 5 nitrogen and oxygen atoms in total. The molecule has 0 atom stereocenters. The number of aromatic nitrogens is 2. The number of hydrogen-bond donors (Lipinski definition) is 3. The Morgan fingerprint density at radius 3 is 3.17 bits per heavy atom. The number of aromatic amines is 1. The summed E-state index contributed by atoms with van der Waals surface area (Å²) >= 11 is 0. The number of amidine groups is 1. The van der Waals surface area contributed by atoms with Gasteiger partial charge in [0.2, 0.25) is 0 Å². The first-order valence-corrected chi connectivity index (χ1v) is 3.56. The molecule has 0 bridgehead atoms. The molecule has 0 aliphatic heterocycles. The van der Waals surface area contributed by atoms with Gasteiger partial charge in [0, 0.05) is 24.4 Å². The molecule has 64 valence electrons. The highest BCUT2D eigenvalue weighted by molar-refractivity contribution is 5.93. The Morgan fingerprint density at radius 2 is 2.67 bits per heavy atom. The monoisotopic (exact) mass is 165 g/mol. The third kappa shape index (κ3) is 2.19. The summed E-state index contributed by atoms with van der Waals surface area (Å²) in [4.78, 5) is 3.97. The molecule has 4 N–H and O–H groups in total. The number of H-pyrrole nitrogens is 1. The third-order valence-electron chi connectivity index (χ3n) is 1.26. The summed E-state index contributed by atoms with van der Waals surface area (Å²) in [5.74, 6) is 0.961. The Bertz CT molecular complexity index is 299. The lowest BCUT2D eigenvalue weighted by molar-refractivity contribution is 1.04. The predicted molar refractivity (Wildman–Crippen MR) is 48.0 cm³/mol. The van der Waals surface area contributed by atoms with Gasteiger partial charge in [0.15, 0.2) is 5.82 Å². The zero-order valence-corrected chi connectivity index (χ0v) is 6.83. The molecule has 1 aromatic rings. The number of nitrogens with one attached hydrogen (secondary N) is 2. The number of nitrogens with two attached hydrogens (primary N) is 1. The minimum absolute atomic E-state index is 0.367. The van der Waals surface area contributed by atoms with Gasteiger partial charge in [0.1, 0.15) is 5.84 Å². The van der Waals surface area contributed by atoms with Crippen molar-refractivity contribution in [3.63, 3.8) is 0 Å². The van der Waals surface area contributed by atoms with Crippen LogP contribution < -0.4 is 5.73 Å². The summed E-state index contributed by atoms with van der Waals surface area (Å²) in [5, 5.41) is 13.4. The lowest BCUT2D eigenvalue weighted by Crippen LogP contribution is -2.10. The molecule has 0 unspecified atom stereocenters. The van der Waals surface area contributed by atoms with Gasteiger partial charge >= 0.3 is 0 Å². The van der Waals surface area contributed by atoms with Crippen molar-refractivity contribution in [1.82, 2.24) is 10.2 Å². The largest absolute Gasteiger partial charge is 0.387 e. The Labute approximate surface area is 70.2 Å². The van der Waals surface area contributed by atoms with Crippen molar-refractivity contribution in [3.05, 3.63) is 11.8 Å². The highest BCUT2D eigenvalue weighted by Crippen LogP contribution is 2.07. The number of aliphatic imine (C=N–C) groups is 1. The smallest absolute Gasteiger partial charge is 0.175 e. The first-order chi connectivity index (χ1) is 5.72. The van der Waals surface area contributed by atoms with Crippen LogP contribution in [0.3, 0.4) is 0 Å². The minimum Gasteiger partial charge on any atom is -0.387 e. The predicted octanol–water partition coefficient (Wildman–Crippen LogP) is 0.746. The van der Waals surface area contributed by atoms with E-state index in [2.05, 4.69) is 15.2 Å². The topological polar surface area (TPSA) is 90.9 Å². The van der Waals surface area contributed by atoms with Gasteiger partial charge in [-0.3, -0.25) is 5.10 Å². The summed E-state index contributed by atoms with van der Waals surface area (Å²) in [6, 6.07) is 1.79. The SMILES string of the molecule is Cc1cc(N=C(N)CC=N)n[nH]1. The van der Waals surface area contributed by atoms with Crippen LogP contribution in [0, 0.1) is 12.3 Å². The molecular weight excluding hydrogens is 154 g/mol. The van der Waals surface area contributed by atoms with E-state index in [0.29, 0.717) is 18.1 Å². The lowest BCUT2D eigenvalue weighted by atomic mass is 10.4. The number of nitrogens with zero attached hydrogens (tertiary/aromatic N) is 2. The highest BCUT2D eigenvalue weighted by atomic mass is 15.2. The van der Waals surface area contributed by atoms with Gasteiger partial charge in [-0.05, 0) is 6.92 Å². The van der Waals surface area contributed by atoms with Crippen LogP contribution in [0.4, 0.5) is 5.82 Å². The van der Waals surface area contributed by atoms with Crippen LogP contribution in [0.1, 0.15) is 12.1 Å². The summed E-state index contributed by atoms with van der Waals surface area (Å²) in [7, 11) is 0. The minimum atomic E-state index is 0.367. The molecule has 0 fully saturated rings. The van der Waals surface area contributed by atoms with Gasteiger partial charge in [-0.2, -0.15) is 5.10 Å². The van der Waals surface area contributed by atoms with Crippen molar-refractivity contribution in [3.8, 4) is 0 Å². The Kier molecular flexibility index (Phi) is 2.57.